The maximum atomic E-state index is 5.47. The molecule has 0 saturated carbocycles. The largest absolute Gasteiger partial charge is 0.378 e. The number of halogens is 1. The van der Waals surface area contributed by atoms with Crippen LogP contribution < -0.4 is 10.6 Å². The highest BCUT2D eigenvalue weighted by Crippen LogP contribution is 2.15. The smallest absolute Gasteiger partial charge is 0.239 e. The van der Waals surface area contributed by atoms with Gasteiger partial charge < -0.3 is 15.4 Å². The molecule has 13 heavy (non-hydrogen) atoms. The minimum absolute atomic E-state index is 0. The van der Waals surface area contributed by atoms with Crippen LogP contribution >= 0.6 is 23.9 Å². The van der Waals surface area contributed by atoms with Crippen molar-refractivity contribution in [2.75, 3.05) is 36.9 Å². The molecule has 1 aromatic rings. The second-order valence-electron chi connectivity index (χ2n) is 2.53. The Morgan fingerprint density at radius 2 is 2.08 bits per heavy atom. The van der Waals surface area contributed by atoms with Crippen molar-refractivity contribution in [3.63, 3.8) is 0 Å². The van der Waals surface area contributed by atoms with Crippen LogP contribution in [0.25, 0.3) is 0 Å². The zero-order valence-corrected chi connectivity index (χ0v) is 8.61. The molecule has 0 aromatic carbocycles. The molecule has 5 nitrogen and oxygen atoms in total. The van der Waals surface area contributed by atoms with Gasteiger partial charge in [0.05, 0.1) is 13.2 Å². The number of rotatable bonds is 1. The predicted molar refractivity (Wildman–Crippen MR) is 54.6 cm³/mol. The summed E-state index contributed by atoms with van der Waals surface area (Å²) in [7, 11) is 0. The summed E-state index contributed by atoms with van der Waals surface area (Å²) in [6.07, 6.45) is 0. The van der Waals surface area contributed by atoms with Crippen LogP contribution in [-0.4, -0.2) is 35.7 Å². The first-order valence-electron chi connectivity index (χ1n) is 3.78. The van der Waals surface area contributed by atoms with E-state index in [1.54, 1.807) is 0 Å². The van der Waals surface area contributed by atoms with Gasteiger partial charge in [-0.25, -0.2) is 0 Å². The molecule has 0 radical (unpaired) electrons. The molecule has 0 atom stereocenters. The Kier molecular flexibility index (Phi) is 3.71. The molecular weight excluding hydrogens is 212 g/mol. The number of aromatic nitrogens is 2. The van der Waals surface area contributed by atoms with E-state index in [2.05, 4.69) is 14.3 Å². The van der Waals surface area contributed by atoms with Crippen LogP contribution in [0.4, 0.5) is 11.1 Å². The Hall–Kier alpha value is -0.590. The molecule has 0 bridgehead atoms. The van der Waals surface area contributed by atoms with Crippen LogP contribution in [0.15, 0.2) is 0 Å². The molecule has 1 aromatic heterocycles. The van der Waals surface area contributed by atoms with Gasteiger partial charge in [-0.05, 0) is 0 Å². The highest BCUT2D eigenvalue weighted by atomic mass is 35.5. The number of anilines is 2. The average molecular weight is 223 g/mol. The number of hydrogen-bond donors (Lipinski definition) is 1. The minimum Gasteiger partial charge on any atom is -0.378 e. The van der Waals surface area contributed by atoms with E-state index < -0.39 is 0 Å². The quantitative estimate of drug-likeness (QED) is 0.744. The molecule has 1 aliphatic rings. The van der Waals surface area contributed by atoms with Crippen LogP contribution in [0.1, 0.15) is 0 Å². The second kappa shape index (κ2) is 4.59. The van der Waals surface area contributed by atoms with Crippen molar-refractivity contribution in [1.82, 2.24) is 9.36 Å². The van der Waals surface area contributed by atoms with E-state index >= 15 is 0 Å². The van der Waals surface area contributed by atoms with E-state index in [4.69, 9.17) is 10.5 Å². The first-order chi connectivity index (χ1) is 5.86. The molecule has 2 N–H and O–H groups in total. The minimum atomic E-state index is 0. The summed E-state index contributed by atoms with van der Waals surface area (Å²) in [5.41, 5.74) is 5.47. The number of nitrogen functional groups attached to an aromatic ring is 1. The summed E-state index contributed by atoms with van der Waals surface area (Å²) in [6, 6.07) is 0. The molecule has 1 aliphatic heterocycles. The van der Waals surface area contributed by atoms with Crippen molar-refractivity contribution in [1.29, 1.82) is 0 Å². The summed E-state index contributed by atoms with van der Waals surface area (Å²) in [5.74, 6) is 0.737. The maximum absolute atomic E-state index is 5.47. The van der Waals surface area contributed by atoms with Crippen LogP contribution in [0.3, 0.4) is 0 Å². The normalized spacial score (nSPS) is 16.8. The zero-order chi connectivity index (χ0) is 8.39. The molecule has 0 aliphatic carbocycles. The van der Waals surface area contributed by atoms with Gasteiger partial charge in [0.15, 0.2) is 0 Å². The lowest BCUT2D eigenvalue weighted by molar-refractivity contribution is 0.122. The lowest BCUT2D eigenvalue weighted by Gasteiger charge is -2.25. The van der Waals surface area contributed by atoms with Gasteiger partial charge in [0.1, 0.15) is 0 Å². The Morgan fingerprint density at radius 1 is 1.38 bits per heavy atom. The Labute approximate surface area is 86.5 Å². The van der Waals surface area contributed by atoms with Crippen molar-refractivity contribution in [3.8, 4) is 0 Å². The van der Waals surface area contributed by atoms with Crippen molar-refractivity contribution in [2.45, 2.75) is 0 Å². The van der Waals surface area contributed by atoms with Crippen LogP contribution in [0.5, 0.6) is 0 Å². The molecule has 1 fully saturated rings. The van der Waals surface area contributed by atoms with E-state index in [1.165, 1.54) is 11.5 Å². The number of ether oxygens (including phenoxy) is 1. The molecule has 2 heterocycles. The Bertz CT molecular complexity index is 263. The van der Waals surface area contributed by atoms with Crippen LogP contribution in [0.2, 0.25) is 0 Å². The summed E-state index contributed by atoms with van der Waals surface area (Å²) < 4.78 is 9.32. The standard InChI is InChI=1S/C6H10N4OS.ClH/c7-5-8-6(9-12-5)10-1-3-11-4-2-10;/h1-4H2,(H2,7,8,9);1H. The van der Waals surface area contributed by atoms with Gasteiger partial charge in [-0.3, -0.25) is 0 Å². The molecule has 7 heteroatoms. The average Bonchev–Trinajstić information content (AvgIpc) is 2.54. The highest BCUT2D eigenvalue weighted by Gasteiger charge is 2.14. The lowest BCUT2D eigenvalue weighted by Crippen LogP contribution is -2.36. The second-order valence-corrected chi connectivity index (χ2v) is 3.32. The highest BCUT2D eigenvalue weighted by molar-refractivity contribution is 7.09. The Balaban J connectivity index is 0.000000845. The number of morpholine rings is 1. The van der Waals surface area contributed by atoms with E-state index in [0.29, 0.717) is 5.13 Å². The van der Waals surface area contributed by atoms with E-state index in [0.717, 1.165) is 32.3 Å². The van der Waals surface area contributed by atoms with Gasteiger partial charge in [0.25, 0.3) is 0 Å². The zero-order valence-electron chi connectivity index (χ0n) is 6.97. The lowest BCUT2D eigenvalue weighted by atomic mass is 10.4. The predicted octanol–water partition coefficient (Wildman–Crippen LogP) is 0.379. The number of nitrogens with two attached hydrogens (primary N) is 1. The van der Waals surface area contributed by atoms with Gasteiger partial charge >= 0.3 is 0 Å². The van der Waals surface area contributed by atoms with E-state index in [9.17, 15) is 0 Å². The summed E-state index contributed by atoms with van der Waals surface area (Å²) in [6.45, 7) is 3.21. The summed E-state index contributed by atoms with van der Waals surface area (Å²) >= 11 is 1.23. The topological polar surface area (TPSA) is 64.3 Å². The summed E-state index contributed by atoms with van der Waals surface area (Å²) in [4.78, 5) is 6.17. The summed E-state index contributed by atoms with van der Waals surface area (Å²) in [5, 5.41) is 0.525. The fraction of sp³-hybridized carbons (Fsp3) is 0.667. The molecule has 2 rings (SSSR count). The van der Waals surface area contributed by atoms with Gasteiger partial charge in [0, 0.05) is 24.6 Å². The molecule has 0 amide bonds. The van der Waals surface area contributed by atoms with Gasteiger partial charge in [0.2, 0.25) is 11.1 Å². The third kappa shape index (κ3) is 2.43. The number of nitrogens with zero attached hydrogens (tertiary/aromatic N) is 3. The molecule has 0 spiro atoms. The molecule has 74 valence electrons. The maximum Gasteiger partial charge on any atom is 0.239 e. The van der Waals surface area contributed by atoms with Crippen LogP contribution in [-0.2, 0) is 4.74 Å². The SMILES string of the molecule is Cl.Nc1nc(N2CCOCC2)ns1. The molecule has 0 unspecified atom stereocenters. The monoisotopic (exact) mass is 222 g/mol. The van der Waals surface area contributed by atoms with Crippen molar-refractivity contribution in [3.05, 3.63) is 0 Å². The van der Waals surface area contributed by atoms with Gasteiger partial charge in [-0.1, -0.05) is 0 Å². The fourth-order valence-electron chi connectivity index (χ4n) is 1.12. The van der Waals surface area contributed by atoms with Crippen molar-refractivity contribution in [2.24, 2.45) is 0 Å². The van der Waals surface area contributed by atoms with Gasteiger partial charge in [-0.2, -0.15) is 9.36 Å². The first kappa shape index (κ1) is 10.5. The first-order valence-corrected chi connectivity index (χ1v) is 4.55. The molecule has 1 saturated heterocycles. The van der Waals surface area contributed by atoms with Crippen molar-refractivity contribution < 1.29 is 4.74 Å². The molecular formula is C6H11ClN4OS. The number of hydrogen-bond acceptors (Lipinski definition) is 6. The third-order valence-electron chi connectivity index (χ3n) is 1.72. The van der Waals surface area contributed by atoms with Crippen molar-refractivity contribution >= 4 is 35.0 Å². The van der Waals surface area contributed by atoms with Crippen LogP contribution in [0, 0.1) is 0 Å². The van der Waals surface area contributed by atoms with E-state index in [-0.39, 0.29) is 12.4 Å². The van der Waals surface area contributed by atoms with Gasteiger partial charge in [-0.15, -0.1) is 12.4 Å². The fourth-order valence-corrected chi connectivity index (χ4v) is 1.57. The Morgan fingerprint density at radius 3 is 2.62 bits per heavy atom. The van der Waals surface area contributed by atoms with E-state index in [1.807, 2.05) is 0 Å². The third-order valence-corrected chi connectivity index (χ3v) is 2.26.